The van der Waals surface area contributed by atoms with E-state index in [0.29, 0.717) is 11.3 Å². The number of rotatable bonds is 5. The van der Waals surface area contributed by atoms with Crippen LogP contribution in [0.5, 0.6) is 0 Å². The van der Waals surface area contributed by atoms with Crippen LogP contribution in [0.15, 0.2) is 23.1 Å². The zero-order valence-corrected chi connectivity index (χ0v) is 13.0. The highest BCUT2D eigenvalue weighted by molar-refractivity contribution is 7.89. The molecule has 112 valence electrons. The molecule has 1 aromatic rings. The molecule has 0 aliphatic rings. The number of amides is 1. The van der Waals surface area contributed by atoms with Crippen LogP contribution < -0.4 is 11.1 Å². The van der Waals surface area contributed by atoms with Crippen LogP contribution in [-0.2, 0) is 14.8 Å². The molecule has 0 heterocycles. The minimum atomic E-state index is -3.63. The predicted molar refractivity (Wildman–Crippen MR) is 78.6 cm³/mol. The Balaban J connectivity index is 3.01. The number of nitrogen functional groups attached to an aromatic ring is 1. The first kappa shape index (κ1) is 16.5. The molecule has 1 atom stereocenters. The molecule has 7 heteroatoms. The van der Waals surface area contributed by atoms with Crippen molar-refractivity contribution in [1.29, 1.82) is 0 Å². The van der Waals surface area contributed by atoms with Gasteiger partial charge in [-0.25, -0.2) is 12.7 Å². The van der Waals surface area contributed by atoms with Gasteiger partial charge in [0.2, 0.25) is 15.9 Å². The number of carbonyl (C=O) groups excluding carboxylic acids is 1. The Hall–Kier alpha value is -1.60. The zero-order valence-electron chi connectivity index (χ0n) is 12.2. The lowest BCUT2D eigenvalue weighted by atomic mass is 10.2. The summed E-state index contributed by atoms with van der Waals surface area (Å²) in [7, 11) is -0.637. The Bertz CT molecular complexity index is 599. The van der Waals surface area contributed by atoms with E-state index < -0.39 is 15.9 Å². The van der Waals surface area contributed by atoms with Crippen LogP contribution in [0.1, 0.15) is 12.5 Å². The molecular weight excluding hydrogens is 278 g/mol. The monoisotopic (exact) mass is 299 g/mol. The molecule has 0 fully saturated rings. The van der Waals surface area contributed by atoms with E-state index in [4.69, 9.17) is 5.73 Å². The van der Waals surface area contributed by atoms with Crippen molar-refractivity contribution in [2.75, 3.05) is 26.4 Å². The van der Waals surface area contributed by atoms with Gasteiger partial charge in [-0.2, -0.15) is 0 Å². The van der Waals surface area contributed by atoms with E-state index in [9.17, 15) is 13.2 Å². The summed E-state index contributed by atoms with van der Waals surface area (Å²) < 4.78 is 26.1. The van der Waals surface area contributed by atoms with Crippen molar-refractivity contribution in [1.82, 2.24) is 9.62 Å². The Morgan fingerprint density at radius 3 is 2.55 bits per heavy atom. The molecule has 0 saturated heterocycles. The summed E-state index contributed by atoms with van der Waals surface area (Å²) in [6, 6.07) is 4.65. The van der Waals surface area contributed by atoms with Gasteiger partial charge in [0.05, 0.1) is 4.90 Å². The molecule has 20 heavy (non-hydrogen) atoms. The van der Waals surface area contributed by atoms with Crippen LogP contribution in [0.2, 0.25) is 0 Å². The molecule has 1 rings (SSSR count). The number of sulfonamides is 1. The lowest BCUT2D eigenvalue weighted by Crippen LogP contribution is -2.37. The van der Waals surface area contributed by atoms with Crippen molar-refractivity contribution in [3.05, 3.63) is 23.8 Å². The van der Waals surface area contributed by atoms with E-state index in [0.717, 1.165) is 0 Å². The maximum atomic E-state index is 12.5. The van der Waals surface area contributed by atoms with Gasteiger partial charge in [0, 0.05) is 32.2 Å². The maximum Gasteiger partial charge on any atom is 0.243 e. The summed E-state index contributed by atoms with van der Waals surface area (Å²) in [6.07, 6.45) is 0. The van der Waals surface area contributed by atoms with Crippen molar-refractivity contribution in [2.24, 2.45) is 5.92 Å². The fourth-order valence-corrected chi connectivity index (χ4v) is 3.40. The number of nitrogens with two attached hydrogens (primary N) is 1. The molecule has 3 N–H and O–H groups in total. The van der Waals surface area contributed by atoms with Crippen molar-refractivity contribution in [3.63, 3.8) is 0 Å². The minimum Gasteiger partial charge on any atom is -0.399 e. The zero-order chi connectivity index (χ0) is 15.5. The van der Waals surface area contributed by atoms with Crippen LogP contribution in [0.3, 0.4) is 0 Å². The van der Waals surface area contributed by atoms with Gasteiger partial charge in [-0.05, 0) is 30.7 Å². The Morgan fingerprint density at radius 2 is 2.05 bits per heavy atom. The van der Waals surface area contributed by atoms with Crippen LogP contribution in [0.4, 0.5) is 5.69 Å². The van der Waals surface area contributed by atoms with Crippen LogP contribution >= 0.6 is 0 Å². The summed E-state index contributed by atoms with van der Waals surface area (Å²) >= 11 is 0. The first-order valence-electron chi connectivity index (χ1n) is 6.24. The number of benzene rings is 1. The van der Waals surface area contributed by atoms with Gasteiger partial charge in [0.1, 0.15) is 0 Å². The Morgan fingerprint density at radius 1 is 1.45 bits per heavy atom. The van der Waals surface area contributed by atoms with Gasteiger partial charge in [0.15, 0.2) is 0 Å². The minimum absolute atomic E-state index is 0.117. The first-order valence-corrected chi connectivity index (χ1v) is 7.68. The van der Waals surface area contributed by atoms with E-state index >= 15 is 0 Å². The predicted octanol–water partition coefficient (Wildman–Crippen LogP) is 0.580. The van der Waals surface area contributed by atoms with Crippen molar-refractivity contribution in [3.8, 4) is 0 Å². The number of hydrogen-bond acceptors (Lipinski definition) is 4. The molecule has 1 amide bonds. The van der Waals surface area contributed by atoms with E-state index in [1.54, 1.807) is 26.0 Å². The van der Waals surface area contributed by atoms with Crippen LogP contribution in [-0.4, -0.2) is 39.3 Å². The molecule has 0 aromatic heterocycles. The third-order valence-electron chi connectivity index (χ3n) is 3.11. The summed E-state index contributed by atoms with van der Waals surface area (Å²) in [4.78, 5) is 11.7. The molecule has 0 spiro atoms. The fourth-order valence-electron chi connectivity index (χ4n) is 1.94. The van der Waals surface area contributed by atoms with E-state index in [1.807, 2.05) is 0 Å². The summed E-state index contributed by atoms with van der Waals surface area (Å²) in [6.45, 7) is 3.49. The van der Waals surface area contributed by atoms with Gasteiger partial charge in [-0.15, -0.1) is 0 Å². The lowest BCUT2D eigenvalue weighted by molar-refractivity contribution is -0.124. The Kier molecular flexibility index (Phi) is 5.13. The van der Waals surface area contributed by atoms with Crippen LogP contribution in [0, 0.1) is 12.8 Å². The second kappa shape index (κ2) is 6.23. The smallest absolute Gasteiger partial charge is 0.243 e. The normalized spacial score (nSPS) is 13.2. The average molecular weight is 299 g/mol. The summed E-state index contributed by atoms with van der Waals surface area (Å²) in [5.41, 5.74) is 6.73. The van der Waals surface area contributed by atoms with E-state index in [2.05, 4.69) is 5.32 Å². The summed E-state index contributed by atoms with van der Waals surface area (Å²) in [5, 5.41) is 2.50. The quantitative estimate of drug-likeness (QED) is 0.778. The van der Waals surface area contributed by atoms with Gasteiger partial charge >= 0.3 is 0 Å². The highest BCUT2D eigenvalue weighted by atomic mass is 32.2. The average Bonchev–Trinajstić information content (AvgIpc) is 2.36. The van der Waals surface area contributed by atoms with Gasteiger partial charge in [-0.1, -0.05) is 6.92 Å². The largest absolute Gasteiger partial charge is 0.399 e. The SMILES string of the molecule is CNC(=O)C(C)CN(C)S(=O)(=O)c1ccc(N)cc1C. The molecule has 6 nitrogen and oxygen atoms in total. The third-order valence-corrected chi connectivity index (χ3v) is 5.10. The van der Waals surface area contributed by atoms with E-state index in [-0.39, 0.29) is 17.3 Å². The lowest BCUT2D eigenvalue weighted by Gasteiger charge is -2.21. The van der Waals surface area contributed by atoms with Gasteiger partial charge in [0.25, 0.3) is 0 Å². The highest BCUT2D eigenvalue weighted by Gasteiger charge is 2.25. The van der Waals surface area contributed by atoms with Crippen molar-refractivity contribution >= 4 is 21.6 Å². The Labute approximate surface area is 120 Å². The second-order valence-electron chi connectivity index (χ2n) is 4.83. The number of anilines is 1. The number of nitrogens with one attached hydrogen (secondary N) is 1. The third kappa shape index (κ3) is 3.49. The highest BCUT2D eigenvalue weighted by Crippen LogP contribution is 2.21. The maximum absolute atomic E-state index is 12.5. The van der Waals surface area contributed by atoms with Crippen LogP contribution in [0.25, 0.3) is 0 Å². The molecule has 0 aliphatic heterocycles. The second-order valence-corrected chi connectivity index (χ2v) is 6.84. The standard InChI is InChI=1S/C13H21N3O3S/c1-9-7-11(14)5-6-12(9)20(18,19)16(4)8-10(2)13(17)15-3/h5-7,10H,8,14H2,1-4H3,(H,15,17). The molecule has 1 unspecified atom stereocenters. The molecule has 0 aliphatic carbocycles. The molecule has 0 bridgehead atoms. The van der Waals surface area contributed by atoms with Gasteiger partial charge < -0.3 is 11.1 Å². The number of nitrogens with zero attached hydrogens (tertiary/aromatic N) is 1. The fraction of sp³-hybridized carbons (Fsp3) is 0.462. The van der Waals surface area contributed by atoms with E-state index in [1.165, 1.54) is 24.5 Å². The molecule has 0 radical (unpaired) electrons. The topological polar surface area (TPSA) is 92.5 Å². The molecule has 0 saturated carbocycles. The van der Waals surface area contributed by atoms with Gasteiger partial charge in [-0.3, -0.25) is 4.79 Å². The molecular formula is C13H21N3O3S. The number of aryl methyl sites for hydroxylation is 1. The number of carbonyl (C=O) groups is 1. The first-order chi connectivity index (χ1) is 9.20. The molecule has 1 aromatic carbocycles. The van der Waals surface area contributed by atoms with Crippen molar-refractivity contribution < 1.29 is 13.2 Å². The summed E-state index contributed by atoms with van der Waals surface area (Å²) in [5.74, 6) is -0.616. The van der Waals surface area contributed by atoms with Crippen molar-refractivity contribution in [2.45, 2.75) is 18.7 Å². The number of hydrogen-bond donors (Lipinski definition) is 2.